The van der Waals surface area contributed by atoms with E-state index in [1.165, 1.54) is 24.8 Å². The van der Waals surface area contributed by atoms with Crippen molar-refractivity contribution < 1.29 is 9.47 Å². The highest BCUT2D eigenvalue weighted by atomic mass is 16.7. The molecule has 1 aromatic rings. The largest absolute Gasteiger partial charge is 0.454 e. The molecular weight excluding hydrogens is 226 g/mol. The molecule has 1 spiro atoms. The molecule has 2 fully saturated rings. The van der Waals surface area contributed by atoms with Crippen molar-refractivity contribution in [3.05, 3.63) is 23.8 Å². The summed E-state index contributed by atoms with van der Waals surface area (Å²) in [7, 11) is 2.09. The van der Waals surface area contributed by atoms with Gasteiger partial charge in [-0.15, -0.1) is 0 Å². The third-order valence-electron chi connectivity index (χ3n) is 4.89. The Hall–Kier alpha value is -1.22. The second-order valence-electron chi connectivity index (χ2n) is 5.96. The smallest absolute Gasteiger partial charge is 0.231 e. The van der Waals surface area contributed by atoms with Crippen molar-refractivity contribution >= 4 is 0 Å². The van der Waals surface area contributed by atoms with Crippen LogP contribution in [0, 0.1) is 11.3 Å². The molecule has 2 saturated carbocycles. The summed E-state index contributed by atoms with van der Waals surface area (Å²) in [5.41, 5.74) is 2.10. The maximum Gasteiger partial charge on any atom is 0.231 e. The quantitative estimate of drug-likeness (QED) is 0.883. The third-order valence-corrected chi connectivity index (χ3v) is 4.89. The van der Waals surface area contributed by atoms with E-state index in [2.05, 4.69) is 24.5 Å². The number of ether oxygens (including phenoxy) is 2. The van der Waals surface area contributed by atoms with Crippen LogP contribution < -0.4 is 14.8 Å². The van der Waals surface area contributed by atoms with E-state index in [0.717, 1.165) is 29.3 Å². The molecular formula is C15H19NO2. The maximum atomic E-state index is 5.44. The van der Waals surface area contributed by atoms with Crippen LogP contribution in [0.2, 0.25) is 0 Å². The fraction of sp³-hybridized carbons (Fsp3) is 0.600. The lowest BCUT2D eigenvalue weighted by Crippen LogP contribution is -2.30. The Bertz CT molecular complexity index is 481. The number of fused-ring (bicyclic) bond motifs is 1. The Morgan fingerprint density at radius 2 is 2.17 bits per heavy atom. The zero-order chi connectivity index (χ0) is 12.2. The van der Waals surface area contributed by atoms with E-state index in [9.17, 15) is 0 Å². The molecule has 3 nitrogen and oxygen atoms in total. The first-order chi connectivity index (χ1) is 8.81. The molecule has 0 aromatic heterocycles. The molecule has 0 bridgehead atoms. The van der Waals surface area contributed by atoms with Gasteiger partial charge >= 0.3 is 0 Å². The molecule has 18 heavy (non-hydrogen) atoms. The molecule has 2 unspecified atom stereocenters. The first-order valence-corrected chi connectivity index (χ1v) is 6.87. The number of rotatable bonds is 4. The van der Waals surface area contributed by atoms with Gasteiger partial charge in [0, 0.05) is 6.04 Å². The molecule has 1 heterocycles. The van der Waals surface area contributed by atoms with Crippen molar-refractivity contribution in [1.82, 2.24) is 5.32 Å². The second-order valence-corrected chi connectivity index (χ2v) is 5.96. The van der Waals surface area contributed by atoms with Crippen LogP contribution in [-0.4, -0.2) is 19.9 Å². The maximum absolute atomic E-state index is 5.44. The van der Waals surface area contributed by atoms with Crippen LogP contribution in [0.5, 0.6) is 11.5 Å². The molecule has 4 rings (SSSR count). The molecule has 1 N–H and O–H groups in total. The standard InChI is InChI=1S/C15H19NO2/c1-16-12(11-8-15(11)4-5-15)6-10-2-3-13-14(7-10)18-9-17-13/h2-3,7,11-12,16H,4-6,8-9H2,1H3. The monoisotopic (exact) mass is 245 g/mol. The molecule has 1 aromatic carbocycles. The highest BCUT2D eigenvalue weighted by Gasteiger charge is 2.64. The summed E-state index contributed by atoms with van der Waals surface area (Å²) >= 11 is 0. The molecule has 2 aliphatic carbocycles. The lowest BCUT2D eigenvalue weighted by Gasteiger charge is -2.16. The Morgan fingerprint density at radius 1 is 1.33 bits per heavy atom. The second kappa shape index (κ2) is 3.64. The Balaban J connectivity index is 1.49. The number of hydrogen-bond acceptors (Lipinski definition) is 3. The van der Waals surface area contributed by atoms with Gasteiger partial charge in [0.05, 0.1) is 0 Å². The summed E-state index contributed by atoms with van der Waals surface area (Å²) in [6, 6.07) is 6.95. The van der Waals surface area contributed by atoms with Gasteiger partial charge in [-0.3, -0.25) is 0 Å². The number of nitrogens with one attached hydrogen (secondary N) is 1. The Kier molecular flexibility index (Phi) is 2.16. The molecule has 0 radical (unpaired) electrons. The predicted molar refractivity (Wildman–Crippen MR) is 68.9 cm³/mol. The van der Waals surface area contributed by atoms with E-state index in [4.69, 9.17) is 9.47 Å². The summed E-state index contributed by atoms with van der Waals surface area (Å²) in [5, 5.41) is 3.50. The number of hydrogen-bond donors (Lipinski definition) is 1. The lowest BCUT2D eigenvalue weighted by atomic mass is 10.00. The van der Waals surface area contributed by atoms with Gasteiger partial charge < -0.3 is 14.8 Å². The van der Waals surface area contributed by atoms with Crippen molar-refractivity contribution in [3.8, 4) is 11.5 Å². The van der Waals surface area contributed by atoms with Crippen molar-refractivity contribution in [2.24, 2.45) is 11.3 Å². The molecule has 96 valence electrons. The number of likely N-dealkylation sites (N-methyl/N-ethyl adjacent to an activating group) is 1. The van der Waals surface area contributed by atoms with Crippen molar-refractivity contribution in [2.45, 2.75) is 31.7 Å². The van der Waals surface area contributed by atoms with Crippen molar-refractivity contribution in [1.29, 1.82) is 0 Å². The van der Waals surface area contributed by atoms with Crippen LogP contribution in [0.25, 0.3) is 0 Å². The molecule has 3 heteroatoms. The van der Waals surface area contributed by atoms with E-state index in [1.807, 2.05) is 6.07 Å². The van der Waals surface area contributed by atoms with E-state index >= 15 is 0 Å². The van der Waals surface area contributed by atoms with Crippen LogP contribution >= 0.6 is 0 Å². The van der Waals surface area contributed by atoms with E-state index in [0.29, 0.717) is 12.8 Å². The van der Waals surface area contributed by atoms with Gasteiger partial charge in [-0.25, -0.2) is 0 Å². The van der Waals surface area contributed by atoms with Gasteiger partial charge in [-0.2, -0.15) is 0 Å². The van der Waals surface area contributed by atoms with E-state index in [1.54, 1.807) is 0 Å². The van der Waals surface area contributed by atoms with Gasteiger partial charge in [0.2, 0.25) is 6.79 Å². The average Bonchev–Trinajstić information content (AvgIpc) is 3.27. The summed E-state index contributed by atoms with van der Waals surface area (Å²) in [6.07, 6.45) is 5.44. The van der Waals surface area contributed by atoms with E-state index < -0.39 is 0 Å². The van der Waals surface area contributed by atoms with E-state index in [-0.39, 0.29) is 0 Å². The predicted octanol–water partition coefficient (Wildman–Crippen LogP) is 2.35. The Morgan fingerprint density at radius 3 is 2.89 bits per heavy atom. The highest BCUT2D eigenvalue weighted by molar-refractivity contribution is 5.44. The molecule has 3 aliphatic rings. The van der Waals surface area contributed by atoms with Gasteiger partial charge in [0.1, 0.15) is 0 Å². The van der Waals surface area contributed by atoms with Crippen LogP contribution in [0.15, 0.2) is 18.2 Å². The first-order valence-electron chi connectivity index (χ1n) is 6.87. The van der Waals surface area contributed by atoms with Gasteiger partial charge in [0.25, 0.3) is 0 Å². The molecule has 2 atom stereocenters. The van der Waals surface area contributed by atoms with Crippen LogP contribution in [0.4, 0.5) is 0 Å². The van der Waals surface area contributed by atoms with Crippen LogP contribution in [0.1, 0.15) is 24.8 Å². The fourth-order valence-corrected chi connectivity index (χ4v) is 3.45. The minimum absolute atomic E-state index is 0.361. The minimum Gasteiger partial charge on any atom is -0.454 e. The fourth-order valence-electron chi connectivity index (χ4n) is 3.45. The van der Waals surface area contributed by atoms with Gasteiger partial charge in [-0.1, -0.05) is 6.07 Å². The first kappa shape index (κ1) is 10.7. The SMILES string of the molecule is CNC(Cc1ccc2c(c1)OCO2)C1CC12CC2. The average molecular weight is 245 g/mol. The summed E-state index contributed by atoms with van der Waals surface area (Å²) < 4.78 is 10.8. The zero-order valence-electron chi connectivity index (χ0n) is 10.7. The number of benzene rings is 1. The van der Waals surface area contributed by atoms with Gasteiger partial charge in [0.15, 0.2) is 11.5 Å². The zero-order valence-corrected chi connectivity index (χ0v) is 10.7. The summed E-state index contributed by atoms with van der Waals surface area (Å²) in [6.45, 7) is 0.361. The normalized spacial score (nSPS) is 27.3. The van der Waals surface area contributed by atoms with Crippen LogP contribution in [-0.2, 0) is 6.42 Å². The Labute approximate surface area is 107 Å². The summed E-state index contributed by atoms with van der Waals surface area (Å²) in [5.74, 6) is 2.68. The topological polar surface area (TPSA) is 30.5 Å². The third kappa shape index (κ3) is 1.61. The molecule has 0 amide bonds. The molecule has 0 saturated heterocycles. The van der Waals surface area contributed by atoms with Gasteiger partial charge in [-0.05, 0) is 61.8 Å². The summed E-state index contributed by atoms with van der Waals surface area (Å²) in [4.78, 5) is 0. The van der Waals surface area contributed by atoms with Crippen molar-refractivity contribution in [2.75, 3.05) is 13.8 Å². The van der Waals surface area contributed by atoms with Crippen molar-refractivity contribution in [3.63, 3.8) is 0 Å². The highest BCUT2D eigenvalue weighted by Crippen LogP contribution is 2.71. The minimum atomic E-state index is 0.361. The molecule has 1 aliphatic heterocycles. The lowest BCUT2D eigenvalue weighted by molar-refractivity contribution is 0.174. The van der Waals surface area contributed by atoms with Crippen LogP contribution in [0.3, 0.4) is 0 Å².